The molecule has 0 spiro atoms. The maximum absolute atomic E-state index is 10.5. The van der Waals surface area contributed by atoms with Crippen LogP contribution in [0.25, 0.3) is 0 Å². The molecule has 0 rings (SSSR count). The fourth-order valence-electron chi connectivity index (χ4n) is 1.10. The maximum atomic E-state index is 10.5. The van der Waals surface area contributed by atoms with Crippen molar-refractivity contribution in [3.63, 3.8) is 0 Å². The summed E-state index contributed by atoms with van der Waals surface area (Å²) in [5, 5.41) is -0.771. The number of nitrogens with zero attached hydrogens (tertiary/aromatic N) is 1. The molecule has 0 aromatic rings. The fraction of sp³-hybridized carbons (Fsp3) is 0.727. The van der Waals surface area contributed by atoms with Crippen molar-refractivity contribution in [2.24, 2.45) is 0 Å². The van der Waals surface area contributed by atoms with Crippen molar-refractivity contribution in [3.8, 4) is 0 Å². The smallest absolute Gasteiger partial charge is 0.333 e. The highest BCUT2D eigenvalue weighted by Crippen LogP contribution is 2.05. The molecule has 0 aliphatic heterocycles. The van der Waals surface area contributed by atoms with Crippen LogP contribution in [-0.4, -0.2) is 49.9 Å². The van der Waals surface area contributed by atoms with E-state index in [1.54, 1.807) is 34.9 Å². The minimum Gasteiger partial charge on any atom is -0.463 e. The van der Waals surface area contributed by atoms with Gasteiger partial charge in [-0.15, -0.1) is 0 Å². The Kier molecular flexibility index (Phi) is 9.78. The summed E-state index contributed by atoms with van der Waals surface area (Å²) in [6.07, 6.45) is 0.395. The first-order chi connectivity index (χ1) is 8.07. The predicted molar refractivity (Wildman–Crippen MR) is 70.8 cm³/mol. The van der Waals surface area contributed by atoms with Crippen LogP contribution >= 0.6 is 0 Å². The van der Waals surface area contributed by atoms with Crippen LogP contribution in [0.2, 0.25) is 0 Å². The van der Waals surface area contributed by atoms with Gasteiger partial charge in [-0.1, -0.05) is 13.5 Å². The molecule has 0 aromatic heterocycles. The Morgan fingerprint density at radius 2 is 1.83 bits per heavy atom. The molecule has 1 atom stereocenters. The standard InChI is InChI=1S/C6H10O2.C5H13NO3S/c1-4-8-6(7)5(2)3;1-4-5(6(2)3)10(7,8)9/h2,4H2,1,3H3;5H,4H2,1-3H3,(H,7,8,9). The van der Waals surface area contributed by atoms with Crippen LogP contribution in [0, 0.1) is 0 Å². The average Bonchev–Trinajstić information content (AvgIpc) is 2.16. The van der Waals surface area contributed by atoms with Gasteiger partial charge in [-0.25, -0.2) is 4.79 Å². The van der Waals surface area contributed by atoms with Gasteiger partial charge in [-0.3, -0.25) is 9.45 Å². The highest BCUT2D eigenvalue weighted by Gasteiger charge is 2.22. The SMILES string of the molecule is C=C(C)C(=O)OCC.CCC(N(C)C)S(=O)(=O)O. The van der Waals surface area contributed by atoms with E-state index in [4.69, 9.17) is 4.55 Å². The van der Waals surface area contributed by atoms with Crippen molar-refractivity contribution < 1.29 is 22.5 Å². The Bertz CT molecular complexity index is 362. The molecule has 0 aromatic carbocycles. The highest BCUT2D eigenvalue weighted by molar-refractivity contribution is 7.86. The van der Waals surface area contributed by atoms with Crippen molar-refractivity contribution in [2.75, 3.05) is 20.7 Å². The third-order valence-electron chi connectivity index (χ3n) is 1.89. The Morgan fingerprint density at radius 3 is 1.89 bits per heavy atom. The van der Waals surface area contributed by atoms with Crippen LogP contribution in [0.1, 0.15) is 27.2 Å². The number of rotatable bonds is 5. The summed E-state index contributed by atoms with van der Waals surface area (Å²) < 4.78 is 34.2. The van der Waals surface area contributed by atoms with E-state index in [-0.39, 0.29) is 5.97 Å². The lowest BCUT2D eigenvalue weighted by atomic mass is 10.4. The molecular weight excluding hydrogens is 258 g/mol. The molecule has 0 amide bonds. The van der Waals surface area contributed by atoms with Crippen LogP contribution in [0.4, 0.5) is 0 Å². The molecule has 108 valence electrons. The average molecular weight is 281 g/mol. The number of carbonyl (C=O) groups is 1. The summed E-state index contributed by atoms with van der Waals surface area (Å²) in [7, 11) is -0.662. The van der Waals surface area contributed by atoms with E-state index in [0.717, 1.165) is 0 Å². The summed E-state index contributed by atoms with van der Waals surface area (Å²) in [6.45, 7) is 8.92. The molecule has 0 fully saturated rings. The quantitative estimate of drug-likeness (QED) is 0.464. The Balaban J connectivity index is 0. The molecular formula is C11H23NO5S. The lowest BCUT2D eigenvalue weighted by Crippen LogP contribution is -2.34. The Morgan fingerprint density at radius 1 is 1.39 bits per heavy atom. The lowest BCUT2D eigenvalue weighted by molar-refractivity contribution is -0.138. The summed E-state index contributed by atoms with van der Waals surface area (Å²) >= 11 is 0. The number of esters is 1. The van der Waals surface area contributed by atoms with Crippen molar-refractivity contribution in [1.29, 1.82) is 0 Å². The van der Waals surface area contributed by atoms with Crippen LogP contribution < -0.4 is 0 Å². The van der Waals surface area contributed by atoms with E-state index < -0.39 is 15.5 Å². The molecule has 0 aliphatic carbocycles. The second-order valence-corrected chi connectivity index (χ2v) is 5.42. The molecule has 7 heteroatoms. The van der Waals surface area contributed by atoms with E-state index in [1.165, 1.54) is 4.90 Å². The summed E-state index contributed by atoms with van der Waals surface area (Å²) in [5.41, 5.74) is 0.451. The van der Waals surface area contributed by atoms with Gasteiger partial charge < -0.3 is 4.74 Å². The van der Waals surface area contributed by atoms with Gasteiger partial charge in [0.1, 0.15) is 5.37 Å². The molecule has 0 bridgehead atoms. The zero-order valence-corrected chi connectivity index (χ0v) is 12.5. The zero-order chi connectivity index (χ0) is 14.9. The fourth-order valence-corrected chi connectivity index (χ4v) is 2.05. The number of hydrogen-bond donors (Lipinski definition) is 1. The van der Waals surface area contributed by atoms with E-state index in [1.807, 2.05) is 0 Å². The molecule has 6 nitrogen and oxygen atoms in total. The Hall–Kier alpha value is -0.920. The Labute approximate surface area is 109 Å². The second kappa shape index (κ2) is 9.07. The van der Waals surface area contributed by atoms with Crippen LogP contribution in [-0.2, 0) is 19.6 Å². The molecule has 0 saturated heterocycles. The van der Waals surface area contributed by atoms with Crippen LogP contribution in [0.15, 0.2) is 12.2 Å². The molecule has 0 heterocycles. The number of ether oxygens (including phenoxy) is 1. The van der Waals surface area contributed by atoms with Crippen molar-refractivity contribution in [3.05, 3.63) is 12.2 Å². The van der Waals surface area contributed by atoms with Crippen LogP contribution in [0.3, 0.4) is 0 Å². The van der Waals surface area contributed by atoms with Gasteiger partial charge in [0.05, 0.1) is 6.61 Å². The van der Waals surface area contributed by atoms with Gasteiger partial charge in [-0.2, -0.15) is 8.42 Å². The van der Waals surface area contributed by atoms with Gasteiger partial charge in [0, 0.05) is 5.57 Å². The molecule has 0 radical (unpaired) electrons. The molecule has 0 saturated carbocycles. The minimum atomic E-state index is -3.89. The minimum absolute atomic E-state index is 0.312. The zero-order valence-electron chi connectivity index (χ0n) is 11.6. The van der Waals surface area contributed by atoms with E-state index in [9.17, 15) is 13.2 Å². The van der Waals surface area contributed by atoms with E-state index >= 15 is 0 Å². The van der Waals surface area contributed by atoms with Gasteiger partial charge in [0.2, 0.25) is 0 Å². The maximum Gasteiger partial charge on any atom is 0.333 e. The molecule has 18 heavy (non-hydrogen) atoms. The van der Waals surface area contributed by atoms with Crippen LogP contribution in [0.5, 0.6) is 0 Å². The van der Waals surface area contributed by atoms with E-state index in [0.29, 0.717) is 18.6 Å². The molecule has 1 N–H and O–H groups in total. The van der Waals surface area contributed by atoms with Crippen molar-refractivity contribution in [2.45, 2.75) is 32.6 Å². The normalized spacial score (nSPS) is 12.4. The van der Waals surface area contributed by atoms with Gasteiger partial charge >= 0.3 is 5.97 Å². The van der Waals surface area contributed by atoms with Crippen molar-refractivity contribution >= 4 is 16.1 Å². The topological polar surface area (TPSA) is 83.9 Å². The predicted octanol–water partition coefficient (Wildman–Crippen LogP) is 1.30. The molecule has 1 unspecified atom stereocenters. The third kappa shape index (κ3) is 9.15. The molecule has 0 aliphatic rings. The van der Waals surface area contributed by atoms with E-state index in [2.05, 4.69) is 11.3 Å². The van der Waals surface area contributed by atoms with Gasteiger partial charge in [-0.05, 0) is 34.4 Å². The summed E-state index contributed by atoms with van der Waals surface area (Å²) in [6, 6.07) is 0. The first-order valence-corrected chi connectivity index (χ1v) is 7.03. The van der Waals surface area contributed by atoms with Gasteiger partial charge in [0.25, 0.3) is 10.1 Å². The number of carbonyl (C=O) groups excluding carboxylic acids is 1. The monoisotopic (exact) mass is 281 g/mol. The van der Waals surface area contributed by atoms with Gasteiger partial charge in [0.15, 0.2) is 0 Å². The largest absolute Gasteiger partial charge is 0.463 e. The summed E-state index contributed by atoms with van der Waals surface area (Å²) in [5.74, 6) is -0.312. The number of hydrogen-bond acceptors (Lipinski definition) is 5. The third-order valence-corrected chi connectivity index (χ3v) is 3.34. The summed E-state index contributed by atoms with van der Waals surface area (Å²) in [4.78, 5) is 11.9. The highest BCUT2D eigenvalue weighted by atomic mass is 32.2. The second-order valence-electron chi connectivity index (χ2n) is 3.84. The first kappa shape index (κ1) is 19.4. The van der Waals surface area contributed by atoms with Crippen molar-refractivity contribution in [1.82, 2.24) is 4.90 Å². The lowest BCUT2D eigenvalue weighted by Gasteiger charge is -2.18. The first-order valence-electron chi connectivity index (χ1n) is 5.53.